The molecular formula is C16H24N4O2. The standard InChI is InChI=1S/C16H24N4O2/c1-11(18-16(17)22)15(21)20-14-9-7-13(8-10-14)19-12-5-3-2-4-6-12/h7-12,19H,2-6H2,1H3,(H,20,21)(H3,17,18,22). The van der Waals surface area contributed by atoms with E-state index in [0.29, 0.717) is 11.7 Å². The van der Waals surface area contributed by atoms with E-state index in [4.69, 9.17) is 5.73 Å². The minimum Gasteiger partial charge on any atom is -0.382 e. The van der Waals surface area contributed by atoms with Gasteiger partial charge < -0.3 is 21.7 Å². The minimum atomic E-state index is -0.713. The molecule has 6 nitrogen and oxygen atoms in total. The highest BCUT2D eigenvalue weighted by molar-refractivity contribution is 5.96. The lowest BCUT2D eigenvalue weighted by Gasteiger charge is -2.24. The van der Waals surface area contributed by atoms with Gasteiger partial charge in [-0.3, -0.25) is 4.79 Å². The van der Waals surface area contributed by atoms with Crippen LogP contribution < -0.4 is 21.7 Å². The lowest BCUT2D eigenvalue weighted by atomic mass is 9.95. The molecule has 1 saturated carbocycles. The summed E-state index contributed by atoms with van der Waals surface area (Å²) in [7, 11) is 0. The lowest BCUT2D eigenvalue weighted by Crippen LogP contribution is -2.44. The molecule has 2 rings (SSSR count). The third-order valence-corrected chi connectivity index (χ3v) is 3.88. The molecule has 0 radical (unpaired) electrons. The molecule has 1 aliphatic carbocycles. The van der Waals surface area contributed by atoms with Gasteiger partial charge in [-0.2, -0.15) is 0 Å². The van der Waals surface area contributed by atoms with E-state index in [9.17, 15) is 9.59 Å². The molecule has 0 aliphatic heterocycles. The quantitative estimate of drug-likeness (QED) is 0.672. The van der Waals surface area contributed by atoms with E-state index in [0.717, 1.165) is 5.69 Å². The Morgan fingerprint density at radius 3 is 2.27 bits per heavy atom. The number of hydrogen-bond acceptors (Lipinski definition) is 3. The Hall–Kier alpha value is -2.24. The molecule has 0 heterocycles. The number of amides is 3. The van der Waals surface area contributed by atoms with Gasteiger partial charge in [0.1, 0.15) is 6.04 Å². The van der Waals surface area contributed by atoms with Crippen LogP contribution in [0.1, 0.15) is 39.0 Å². The number of anilines is 2. The van der Waals surface area contributed by atoms with E-state index >= 15 is 0 Å². The van der Waals surface area contributed by atoms with Crippen LogP contribution in [0.2, 0.25) is 0 Å². The maximum absolute atomic E-state index is 11.9. The average Bonchev–Trinajstić information content (AvgIpc) is 2.49. The number of urea groups is 1. The van der Waals surface area contributed by atoms with Gasteiger partial charge in [0.2, 0.25) is 5.91 Å². The van der Waals surface area contributed by atoms with Crippen molar-refractivity contribution in [3.8, 4) is 0 Å². The third-order valence-electron chi connectivity index (χ3n) is 3.88. The predicted octanol–water partition coefficient (Wildman–Crippen LogP) is 2.43. The Morgan fingerprint density at radius 1 is 1.09 bits per heavy atom. The maximum Gasteiger partial charge on any atom is 0.312 e. The summed E-state index contributed by atoms with van der Waals surface area (Å²) in [4.78, 5) is 22.6. The van der Waals surface area contributed by atoms with Crippen LogP contribution in [0.3, 0.4) is 0 Å². The molecule has 1 unspecified atom stereocenters. The summed E-state index contributed by atoms with van der Waals surface area (Å²) in [5.41, 5.74) is 6.75. The van der Waals surface area contributed by atoms with E-state index in [2.05, 4.69) is 16.0 Å². The fraction of sp³-hybridized carbons (Fsp3) is 0.500. The van der Waals surface area contributed by atoms with Crippen LogP contribution in [0, 0.1) is 0 Å². The first-order chi connectivity index (χ1) is 10.5. The summed E-state index contributed by atoms with van der Waals surface area (Å²) < 4.78 is 0. The fourth-order valence-corrected chi connectivity index (χ4v) is 2.66. The molecule has 0 bridgehead atoms. The molecule has 6 heteroatoms. The SMILES string of the molecule is CC(NC(N)=O)C(=O)Nc1ccc(NC2CCCCC2)cc1. The zero-order valence-corrected chi connectivity index (χ0v) is 12.9. The van der Waals surface area contributed by atoms with Crippen LogP contribution in [0.25, 0.3) is 0 Å². The number of carbonyl (C=O) groups is 2. The molecule has 5 N–H and O–H groups in total. The first-order valence-electron chi connectivity index (χ1n) is 7.78. The number of nitrogens with two attached hydrogens (primary N) is 1. The Labute approximate surface area is 130 Å². The van der Waals surface area contributed by atoms with E-state index in [1.54, 1.807) is 6.92 Å². The third kappa shape index (κ3) is 4.95. The van der Waals surface area contributed by atoms with Crippen molar-refractivity contribution in [1.29, 1.82) is 0 Å². The van der Waals surface area contributed by atoms with E-state index < -0.39 is 12.1 Å². The van der Waals surface area contributed by atoms with Crippen LogP contribution in [-0.4, -0.2) is 24.0 Å². The minimum absolute atomic E-state index is 0.299. The van der Waals surface area contributed by atoms with Gasteiger partial charge in [0.15, 0.2) is 0 Å². The summed E-state index contributed by atoms with van der Waals surface area (Å²) in [6.07, 6.45) is 6.34. The zero-order chi connectivity index (χ0) is 15.9. The smallest absolute Gasteiger partial charge is 0.312 e. The summed E-state index contributed by atoms with van der Waals surface area (Å²) in [5.74, 6) is -0.299. The highest BCUT2D eigenvalue weighted by Crippen LogP contribution is 2.22. The van der Waals surface area contributed by atoms with Gasteiger partial charge in [-0.1, -0.05) is 19.3 Å². The number of hydrogen-bond donors (Lipinski definition) is 4. The maximum atomic E-state index is 11.9. The van der Waals surface area contributed by atoms with Gasteiger partial charge >= 0.3 is 6.03 Å². The van der Waals surface area contributed by atoms with E-state index in [1.165, 1.54) is 32.1 Å². The fourth-order valence-electron chi connectivity index (χ4n) is 2.66. The summed E-state index contributed by atoms with van der Waals surface area (Å²) in [6, 6.07) is 6.77. The average molecular weight is 304 g/mol. The molecule has 1 fully saturated rings. The topological polar surface area (TPSA) is 96.2 Å². The Balaban J connectivity index is 1.85. The van der Waals surface area contributed by atoms with Crippen molar-refractivity contribution in [2.75, 3.05) is 10.6 Å². The second-order valence-electron chi connectivity index (χ2n) is 5.78. The molecule has 0 aromatic heterocycles. The second-order valence-corrected chi connectivity index (χ2v) is 5.78. The molecule has 22 heavy (non-hydrogen) atoms. The monoisotopic (exact) mass is 304 g/mol. The van der Waals surface area contributed by atoms with Crippen LogP contribution in [0.4, 0.5) is 16.2 Å². The number of rotatable bonds is 5. The van der Waals surface area contributed by atoms with Gasteiger partial charge in [0.05, 0.1) is 0 Å². The Bertz CT molecular complexity index is 509. The molecule has 0 spiro atoms. The van der Waals surface area contributed by atoms with Gasteiger partial charge in [-0.15, -0.1) is 0 Å². The molecule has 0 saturated heterocycles. The lowest BCUT2D eigenvalue weighted by molar-refractivity contribution is -0.117. The zero-order valence-electron chi connectivity index (χ0n) is 12.9. The molecule has 120 valence electrons. The highest BCUT2D eigenvalue weighted by atomic mass is 16.2. The van der Waals surface area contributed by atoms with Crippen LogP contribution in [-0.2, 0) is 4.79 Å². The van der Waals surface area contributed by atoms with Crippen molar-refractivity contribution >= 4 is 23.3 Å². The summed E-state index contributed by atoms with van der Waals surface area (Å²) in [6.45, 7) is 1.58. The van der Waals surface area contributed by atoms with E-state index in [-0.39, 0.29) is 5.91 Å². The Morgan fingerprint density at radius 2 is 1.68 bits per heavy atom. The summed E-state index contributed by atoms with van der Waals surface area (Å²) in [5, 5.41) is 8.61. The first kappa shape index (κ1) is 16.1. The predicted molar refractivity (Wildman–Crippen MR) is 87.7 cm³/mol. The largest absolute Gasteiger partial charge is 0.382 e. The van der Waals surface area contributed by atoms with Gasteiger partial charge in [-0.05, 0) is 44.0 Å². The Kier molecular flexibility index (Phi) is 5.63. The van der Waals surface area contributed by atoms with Crippen LogP contribution >= 0.6 is 0 Å². The molecule has 1 aromatic carbocycles. The van der Waals surface area contributed by atoms with Crippen LogP contribution in [0.5, 0.6) is 0 Å². The van der Waals surface area contributed by atoms with Crippen molar-refractivity contribution in [2.24, 2.45) is 5.73 Å². The van der Waals surface area contributed by atoms with E-state index in [1.807, 2.05) is 24.3 Å². The van der Waals surface area contributed by atoms with Gasteiger partial charge in [-0.25, -0.2) is 4.79 Å². The van der Waals surface area contributed by atoms with Gasteiger partial charge in [0.25, 0.3) is 0 Å². The number of benzene rings is 1. The van der Waals surface area contributed by atoms with Gasteiger partial charge in [0, 0.05) is 17.4 Å². The van der Waals surface area contributed by atoms with Crippen molar-refractivity contribution in [2.45, 2.75) is 51.1 Å². The first-order valence-corrected chi connectivity index (χ1v) is 7.78. The molecular weight excluding hydrogens is 280 g/mol. The van der Waals surface area contributed by atoms with Crippen LogP contribution in [0.15, 0.2) is 24.3 Å². The highest BCUT2D eigenvalue weighted by Gasteiger charge is 2.15. The van der Waals surface area contributed by atoms with Crippen molar-refractivity contribution in [3.63, 3.8) is 0 Å². The normalized spacial score (nSPS) is 16.6. The number of carbonyl (C=O) groups excluding carboxylic acids is 2. The molecule has 1 atom stereocenters. The number of nitrogens with one attached hydrogen (secondary N) is 3. The molecule has 1 aliphatic rings. The number of primary amides is 1. The second kappa shape index (κ2) is 7.68. The van der Waals surface area contributed by atoms with Crippen molar-refractivity contribution in [1.82, 2.24) is 5.32 Å². The molecule has 3 amide bonds. The van der Waals surface area contributed by atoms with Crippen molar-refractivity contribution < 1.29 is 9.59 Å². The molecule has 1 aromatic rings. The van der Waals surface area contributed by atoms with Crippen molar-refractivity contribution in [3.05, 3.63) is 24.3 Å². The summed E-state index contributed by atoms with van der Waals surface area (Å²) >= 11 is 0.